The molecule has 1 atom stereocenters. The normalized spacial score (nSPS) is 18.9. The first-order valence-electron chi connectivity index (χ1n) is 6.16. The van der Waals surface area contributed by atoms with E-state index in [1.165, 1.54) is 5.56 Å². The van der Waals surface area contributed by atoms with Gasteiger partial charge in [0.25, 0.3) is 0 Å². The van der Waals surface area contributed by atoms with Crippen LogP contribution in [0, 0.1) is 0 Å². The number of ether oxygens (including phenoxy) is 3. The zero-order valence-electron chi connectivity index (χ0n) is 11.2. The molecule has 1 saturated heterocycles. The second kappa shape index (κ2) is 5.16. The molecule has 2 N–H and O–H groups in total. The van der Waals surface area contributed by atoms with Gasteiger partial charge in [-0.3, -0.25) is 0 Å². The fourth-order valence-corrected chi connectivity index (χ4v) is 2.48. The number of rotatable bonds is 5. The molecule has 0 aromatic heterocycles. The first-order valence-corrected chi connectivity index (χ1v) is 6.16. The molecule has 1 aliphatic rings. The van der Waals surface area contributed by atoms with Gasteiger partial charge in [-0.15, -0.1) is 0 Å². The highest BCUT2D eigenvalue weighted by molar-refractivity contribution is 5.43. The summed E-state index contributed by atoms with van der Waals surface area (Å²) in [6.45, 7) is 3.45. The number of benzene rings is 1. The van der Waals surface area contributed by atoms with Crippen molar-refractivity contribution in [2.75, 3.05) is 27.4 Å². The predicted octanol–water partition coefficient (Wildman–Crippen LogP) is 1.71. The average Bonchev–Trinajstić information content (AvgIpc) is 2.32. The minimum Gasteiger partial charge on any atom is -0.497 e. The lowest BCUT2D eigenvalue weighted by atomic mass is 9.74. The van der Waals surface area contributed by atoms with Crippen LogP contribution in [0.1, 0.15) is 18.9 Å². The molecule has 100 valence electrons. The summed E-state index contributed by atoms with van der Waals surface area (Å²) in [5, 5.41) is 0. The van der Waals surface area contributed by atoms with Crippen molar-refractivity contribution < 1.29 is 14.2 Å². The van der Waals surface area contributed by atoms with E-state index in [-0.39, 0.29) is 11.5 Å². The molecule has 0 aliphatic carbocycles. The van der Waals surface area contributed by atoms with Crippen LogP contribution in [0.4, 0.5) is 0 Å². The molecule has 1 unspecified atom stereocenters. The van der Waals surface area contributed by atoms with Gasteiger partial charge in [-0.05, 0) is 31.0 Å². The second-order valence-corrected chi connectivity index (χ2v) is 5.06. The van der Waals surface area contributed by atoms with Gasteiger partial charge in [0.15, 0.2) is 0 Å². The molecule has 0 bridgehead atoms. The minimum absolute atomic E-state index is 0.00991. The molecular formula is C14H21NO3. The lowest BCUT2D eigenvalue weighted by molar-refractivity contribution is -0.0666. The smallest absolute Gasteiger partial charge is 0.122 e. The van der Waals surface area contributed by atoms with E-state index >= 15 is 0 Å². The summed E-state index contributed by atoms with van der Waals surface area (Å²) in [5.41, 5.74) is 7.14. The van der Waals surface area contributed by atoms with Gasteiger partial charge in [-0.25, -0.2) is 0 Å². The summed E-state index contributed by atoms with van der Waals surface area (Å²) in [6.07, 6.45) is 0.906. The Bertz CT molecular complexity index is 391. The van der Waals surface area contributed by atoms with E-state index in [0.717, 1.165) is 17.9 Å². The Morgan fingerprint density at radius 1 is 1.22 bits per heavy atom. The van der Waals surface area contributed by atoms with Crippen molar-refractivity contribution in [1.29, 1.82) is 0 Å². The quantitative estimate of drug-likeness (QED) is 0.865. The third-order valence-electron chi connectivity index (χ3n) is 3.43. The highest BCUT2D eigenvalue weighted by atomic mass is 16.5. The Kier molecular flexibility index (Phi) is 3.78. The maximum atomic E-state index is 5.95. The highest BCUT2D eigenvalue weighted by Crippen LogP contribution is 2.39. The molecule has 0 amide bonds. The van der Waals surface area contributed by atoms with Crippen molar-refractivity contribution in [2.45, 2.75) is 24.8 Å². The fraction of sp³-hybridized carbons (Fsp3) is 0.571. The molecule has 1 fully saturated rings. The van der Waals surface area contributed by atoms with Gasteiger partial charge in [-0.2, -0.15) is 0 Å². The van der Waals surface area contributed by atoms with Crippen molar-refractivity contribution in [3.63, 3.8) is 0 Å². The number of nitrogens with two attached hydrogens (primary N) is 1. The number of hydrogen-bond donors (Lipinski definition) is 1. The van der Waals surface area contributed by atoms with Crippen LogP contribution in [-0.2, 0) is 10.2 Å². The average molecular weight is 251 g/mol. The molecule has 1 aromatic carbocycles. The van der Waals surface area contributed by atoms with Gasteiger partial charge < -0.3 is 19.9 Å². The molecule has 1 aliphatic heterocycles. The van der Waals surface area contributed by atoms with Crippen LogP contribution in [-0.4, -0.2) is 33.5 Å². The Balaban J connectivity index is 2.35. The summed E-state index contributed by atoms with van der Waals surface area (Å²) in [6, 6.07) is 6.12. The van der Waals surface area contributed by atoms with E-state index in [2.05, 4.69) is 0 Å². The molecule has 0 spiro atoms. The Labute approximate surface area is 108 Å². The van der Waals surface area contributed by atoms with Crippen molar-refractivity contribution in [3.8, 4) is 11.5 Å². The van der Waals surface area contributed by atoms with Gasteiger partial charge in [0.2, 0.25) is 0 Å². The third kappa shape index (κ3) is 2.44. The molecule has 2 rings (SSSR count). The molecule has 1 aromatic rings. The van der Waals surface area contributed by atoms with Gasteiger partial charge >= 0.3 is 0 Å². The Morgan fingerprint density at radius 2 is 1.78 bits per heavy atom. The molecule has 0 saturated carbocycles. The van der Waals surface area contributed by atoms with E-state index in [9.17, 15) is 0 Å². The van der Waals surface area contributed by atoms with Crippen LogP contribution in [0.3, 0.4) is 0 Å². The summed E-state index contributed by atoms with van der Waals surface area (Å²) >= 11 is 0. The molecule has 0 radical (unpaired) electrons. The topological polar surface area (TPSA) is 53.7 Å². The summed E-state index contributed by atoms with van der Waals surface area (Å²) < 4.78 is 16.0. The minimum atomic E-state index is 0.00991. The summed E-state index contributed by atoms with van der Waals surface area (Å²) in [7, 11) is 3.32. The SMILES string of the molecule is COc1cc(OC)cc(C2(CC(C)N)COC2)c1. The summed E-state index contributed by atoms with van der Waals surface area (Å²) in [5.74, 6) is 1.61. The first kappa shape index (κ1) is 13.2. The zero-order valence-corrected chi connectivity index (χ0v) is 11.2. The van der Waals surface area contributed by atoms with Gasteiger partial charge in [0.1, 0.15) is 11.5 Å². The monoisotopic (exact) mass is 251 g/mol. The molecular weight excluding hydrogens is 230 g/mol. The molecule has 4 nitrogen and oxygen atoms in total. The van der Waals surface area contributed by atoms with E-state index in [4.69, 9.17) is 19.9 Å². The van der Waals surface area contributed by atoms with Crippen LogP contribution < -0.4 is 15.2 Å². The third-order valence-corrected chi connectivity index (χ3v) is 3.43. The number of hydrogen-bond acceptors (Lipinski definition) is 4. The van der Waals surface area contributed by atoms with E-state index < -0.39 is 0 Å². The van der Waals surface area contributed by atoms with Crippen molar-refractivity contribution in [2.24, 2.45) is 5.73 Å². The number of methoxy groups -OCH3 is 2. The zero-order chi connectivity index (χ0) is 13.2. The van der Waals surface area contributed by atoms with Crippen molar-refractivity contribution in [3.05, 3.63) is 23.8 Å². The van der Waals surface area contributed by atoms with Crippen LogP contribution in [0.2, 0.25) is 0 Å². The predicted molar refractivity (Wildman–Crippen MR) is 70.3 cm³/mol. The van der Waals surface area contributed by atoms with E-state index in [1.54, 1.807) is 14.2 Å². The van der Waals surface area contributed by atoms with Crippen LogP contribution >= 0.6 is 0 Å². The van der Waals surface area contributed by atoms with Gasteiger partial charge in [0, 0.05) is 17.5 Å². The van der Waals surface area contributed by atoms with Crippen molar-refractivity contribution >= 4 is 0 Å². The van der Waals surface area contributed by atoms with Crippen LogP contribution in [0.5, 0.6) is 11.5 Å². The molecule has 1 heterocycles. The maximum Gasteiger partial charge on any atom is 0.122 e. The lowest BCUT2D eigenvalue weighted by Gasteiger charge is -2.43. The highest BCUT2D eigenvalue weighted by Gasteiger charge is 2.41. The Hall–Kier alpha value is -1.26. The summed E-state index contributed by atoms with van der Waals surface area (Å²) in [4.78, 5) is 0. The first-order chi connectivity index (χ1) is 8.59. The molecule has 18 heavy (non-hydrogen) atoms. The Morgan fingerprint density at radius 3 is 2.11 bits per heavy atom. The lowest BCUT2D eigenvalue weighted by Crippen LogP contribution is -2.49. The van der Waals surface area contributed by atoms with Crippen LogP contribution in [0.15, 0.2) is 18.2 Å². The molecule has 4 heteroatoms. The van der Waals surface area contributed by atoms with Crippen molar-refractivity contribution in [1.82, 2.24) is 0 Å². The van der Waals surface area contributed by atoms with E-state index in [1.807, 2.05) is 25.1 Å². The largest absolute Gasteiger partial charge is 0.497 e. The fourth-order valence-electron chi connectivity index (χ4n) is 2.48. The van der Waals surface area contributed by atoms with Gasteiger partial charge in [-0.1, -0.05) is 0 Å². The second-order valence-electron chi connectivity index (χ2n) is 5.06. The van der Waals surface area contributed by atoms with E-state index in [0.29, 0.717) is 13.2 Å². The van der Waals surface area contributed by atoms with Gasteiger partial charge in [0.05, 0.1) is 27.4 Å². The maximum absolute atomic E-state index is 5.95. The standard InChI is InChI=1S/C14H21NO3/c1-10(15)7-14(8-18-9-14)11-4-12(16-2)6-13(5-11)17-3/h4-6,10H,7-9,15H2,1-3H3. The van der Waals surface area contributed by atoms with Crippen LogP contribution in [0.25, 0.3) is 0 Å².